The molecule has 0 radical (unpaired) electrons. The van der Waals surface area contributed by atoms with Gasteiger partial charge in [-0.05, 0) is 18.3 Å². The van der Waals surface area contributed by atoms with Crippen LogP contribution in [0.4, 0.5) is 0 Å². The van der Waals surface area contributed by atoms with Gasteiger partial charge < -0.3 is 10.4 Å². The quantitative estimate of drug-likeness (QED) is 0.689. The van der Waals surface area contributed by atoms with Crippen molar-refractivity contribution in [1.29, 1.82) is 0 Å². The maximum Gasteiger partial charge on any atom is 0.0963 e. The maximum absolute atomic E-state index is 8.84. The molecular formula is C10H20N2O. The fourth-order valence-electron chi connectivity index (χ4n) is 1.42. The summed E-state index contributed by atoms with van der Waals surface area (Å²) in [4.78, 5) is 4.34. The third kappa shape index (κ3) is 3.77. The Morgan fingerprint density at radius 3 is 2.85 bits per heavy atom. The highest BCUT2D eigenvalue weighted by Crippen LogP contribution is 2.18. The molecule has 76 valence electrons. The molecule has 1 rings (SSSR count). The predicted molar refractivity (Wildman–Crippen MR) is 55.0 cm³/mol. The highest BCUT2D eigenvalue weighted by molar-refractivity contribution is 5.83. The molecule has 1 aliphatic heterocycles. The summed E-state index contributed by atoms with van der Waals surface area (Å²) in [5.74, 6) is 1.14. The van der Waals surface area contributed by atoms with E-state index in [2.05, 4.69) is 24.2 Å². The number of nitrogens with one attached hydrogen (secondary N) is 1. The second-order valence-electron chi connectivity index (χ2n) is 4.42. The van der Waals surface area contributed by atoms with E-state index in [9.17, 15) is 0 Å². The van der Waals surface area contributed by atoms with Gasteiger partial charge in [-0.2, -0.15) is 0 Å². The Morgan fingerprint density at radius 1 is 1.54 bits per heavy atom. The lowest BCUT2D eigenvalue weighted by atomic mass is 9.90. The van der Waals surface area contributed by atoms with E-state index in [4.69, 9.17) is 5.11 Å². The number of hydrogen-bond acceptors (Lipinski definition) is 3. The van der Waals surface area contributed by atoms with E-state index in [-0.39, 0.29) is 12.0 Å². The molecule has 0 bridgehead atoms. The standard InChI is InChI=1S/C10H20N2O/c1-10(2,5-7-13)8-12-9-4-3-6-11-9/h13H,3-8H2,1-2H3,(H,11,12). The van der Waals surface area contributed by atoms with Gasteiger partial charge >= 0.3 is 0 Å². The van der Waals surface area contributed by atoms with Crippen LogP contribution in [0.2, 0.25) is 0 Å². The van der Waals surface area contributed by atoms with Crippen molar-refractivity contribution in [2.24, 2.45) is 10.4 Å². The lowest BCUT2D eigenvalue weighted by Gasteiger charge is -2.24. The van der Waals surface area contributed by atoms with E-state index in [0.717, 1.165) is 31.8 Å². The number of nitrogens with zero attached hydrogens (tertiary/aromatic N) is 1. The summed E-state index contributed by atoms with van der Waals surface area (Å²) in [6.07, 6.45) is 3.12. The predicted octanol–water partition coefficient (Wildman–Crippen LogP) is 1.18. The lowest BCUT2D eigenvalue weighted by molar-refractivity contribution is 0.212. The first kappa shape index (κ1) is 10.5. The molecule has 0 atom stereocenters. The van der Waals surface area contributed by atoms with Gasteiger partial charge in [0.1, 0.15) is 0 Å². The maximum atomic E-state index is 8.84. The van der Waals surface area contributed by atoms with Crippen LogP contribution >= 0.6 is 0 Å². The van der Waals surface area contributed by atoms with Crippen molar-refractivity contribution < 1.29 is 5.11 Å². The van der Waals surface area contributed by atoms with Crippen LogP contribution in [0, 0.1) is 5.41 Å². The number of rotatable bonds is 4. The Labute approximate surface area is 80.3 Å². The fourth-order valence-corrected chi connectivity index (χ4v) is 1.42. The molecule has 1 heterocycles. The summed E-state index contributed by atoms with van der Waals surface area (Å²) in [5.41, 5.74) is 0.167. The minimum atomic E-state index is 0.167. The molecule has 0 aromatic heterocycles. The Kier molecular flexibility index (Phi) is 3.72. The molecule has 0 amide bonds. The summed E-state index contributed by atoms with van der Waals surface area (Å²) >= 11 is 0. The third-order valence-corrected chi connectivity index (χ3v) is 2.43. The zero-order valence-corrected chi connectivity index (χ0v) is 8.64. The minimum absolute atomic E-state index is 0.167. The second kappa shape index (κ2) is 4.61. The lowest BCUT2D eigenvalue weighted by Crippen LogP contribution is -2.33. The van der Waals surface area contributed by atoms with E-state index >= 15 is 0 Å². The highest BCUT2D eigenvalue weighted by Gasteiger charge is 2.17. The molecule has 0 saturated carbocycles. The Bertz CT molecular complexity index is 187. The zero-order valence-electron chi connectivity index (χ0n) is 8.64. The number of aliphatic imine (C=N–C) groups is 1. The molecule has 0 saturated heterocycles. The van der Waals surface area contributed by atoms with Crippen molar-refractivity contribution in [2.75, 3.05) is 19.7 Å². The number of amidine groups is 1. The number of aliphatic hydroxyl groups is 1. The van der Waals surface area contributed by atoms with Gasteiger partial charge in [0.2, 0.25) is 0 Å². The van der Waals surface area contributed by atoms with Gasteiger partial charge in [0.25, 0.3) is 0 Å². The molecule has 0 aromatic carbocycles. The van der Waals surface area contributed by atoms with Crippen molar-refractivity contribution in [3.05, 3.63) is 0 Å². The van der Waals surface area contributed by atoms with Crippen molar-refractivity contribution in [1.82, 2.24) is 5.32 Å². The van der Waals surface area contributed by atoms with Gasteiger partial charge in [0.05, 0.1) is 5.84 Å². The summed E-state index contributed by atoms with van der Waals surface area (Å²) in [6.45, 7) is 6.47. The van der Waals surface area contributed by atoms with Crippen LogP contribution in [-0.2, 0) is 0 Å². The van der Waals surface area contributed by atoms with Gasteiger partial charge in [-0.25, -0.2) is 0 Å². The smallest absolute Gasteiger partial charge is 0.0963 e. The van der Waals surface area contributed by atoms with Gasteiger partial charge in [-0.15, -0.1) is 0 Å². The van der Waals surface area contributed by atoms with Gasteiger partial charge in [0.15, 0.2) is 0 Å². The van der Waals surface area contributed by atoms with Crippen LogP contribution < -0.4 is 5.32 Å². The molecular weight excluding hydrogens is 164 g/mol. The normalized spacial score (nSPS) is 17.3. The first-order valence-electron chi connectivity index (χ1n) is 5.02. The van der Waals surface area contributed by atoms with Gasteiger partial charge in [-0.1, -0.05) is 13.8 Å². The van der Waals surface area contributed by atoms with Gasteiger partial charge in [0, 0.05) is 26.1 Å². The molecule has 0 aromatic rings. The van der Waals surface area contributed by atoms with Crippen molar-refractivity contribution in [2.45, 2.75) is 33.1 Å². The molecule has 0 unspecified atom stereocenters. The minimum Gasteiger partial charge on any atom is -0.396 e. The summed E-state index contributed by atoms with van der Waals surface area (Å²) in [7, 11) is 0. The topological polar surface area (TPSA) is 44.6 Å². The Balaban J connectivity index is 2.23. The summed E-state index contributed by atoms with van der Waals surface area (Å²) < 4.78 is 0. The summed E-state index contributed by atoms with van der Waals surface area (Å²) in [6, 6.07) is 0. The highest BCUT2D eigenvalue weighted by atomic mass is 16.3. The molecule has 3 heteroatoms. The summed E-state index contributed by atoms with van der Waals surface area (Å²) in [5, 5.41) is 12.2. The second-order valence-corrected chi connectivity index (χ2v) is 4.42. The van der Waals surface area contributed by atoms with E-state index in [0.29, 0.717) is 0 Å². The largest absolute Gasteiger partial charge is 0.396 e. The molecule has 0 aliphatic carbocycles. The molecule has 0 fully saturated rings. The van der Waals surface area contributed by atoms with Crippen LogP contribution in [0.25, 0.3) is 0 Å². The molecule has 1 aliphatic rings. The first-order chi connectivity index (χ1) is 6.14. The SMILES string of the molecule is CC(C)(CCO)CNC1=NCCC1. The van der Waals surface area contributed by atoms with Crippen LogP contribution in [-0.4, -0.2) is 30.6 Å². The third-order valence-electron chi connectivity index (χ3n) is 2.43. The van der Waals surface area contributed by atoms with Crippen molar-refractivity contribution in [3.8, 4) is 0 Å². The molecule has 13 heavy (non-hydrogen) atoms. The molecule has 3 nitrogen and oxygen atoms in total. The molecule has 2 N–H and O–H groups in total. The van der Waals surface area contributed by atoms with E-state index < -0.39 is 0 Å². The van der Waals surface area contributed by atoms with Crippen LogP contribution in [0.5, 0.6) is 0 Å². The monoisotopic (exact) mass is 184 g/mol. The van der Waals surface area contributed by atoms with Crippen LogP contribution in [0.15, 0.2) is 4.99 Å². The van der Waals surface area contributed by atoms with E-state index in [1.165, 1.54) is 6.42 Å². The number of hydrogen-bond donors (Lipinski definition) is 2. The fraction of sp³-hybridized carbons (Fsp3) is 0.900. The van der Waals surface area contributed by atoms with Crippen LogP contribution in [0.3, 0.4) is 0 Å². The average Bonchev–Trinajstić information content (AvgIpc) is 2.52. The zero-order chi connectivity index (χ0) is 9.73. The van der Waals surface area contributed by atoms with E-state index in [1.54, 1.807) is 0 Å². The number of aliphatic hydroxyl groups excluding tert-OH is 1. The van der Waals surface area contributed by atoms with E-state index in [1.807, 2.05) is 0 Å². The first-order valence-corrected chi connectivity index (χ1v) is 5.02. The van der Waals surface area contributed by atoms with Crippen molar-refractivity contribution in [3.63, 3.8) is 0 Å². The Morgan fingerprint density at radius 2 is 2.31 bits per heavy atom. The van der Waals surface area contributed by atoms with Crippen LogP contribution in [0.1, 0.15) is 33.1 Å². The molecule has 0 spiro atoms. The van der Waals surface area contributed by atoms with Crippen molar-refractivity contribution >= 4 is 5.84 Å². The average molecular weight is 184 g/mol. The van der Waals surface area contributed by atoms with Gasteiger partial charge in [-0.3, -0.25) is 4.99 Å². The Hall–Kier alpha value is -0.570.